The molecule has 0 fully saturated rings. The molecule has 6 aromatic rings. The van der Waals surface area contributed by atoms with Crippen LogP contribution in [0.2, 0.25) is 0 Å². The average Bonchev–Trinajstić information content (AvgIpc) is 3.42. The van der Waals surface area contributed by atoms with Gasteiger partial charge in [0, 0.05) is 60.7 Å². The van der Waals surface area contributed by atoms with Crippen molar-refractivity contribution >= 4 is 60.8 Å². The number of amides is 3. The normalized spacial score (nSPS) is 9.51. The van der Waals surface area contributed by atoms with E-state index in [0.717, 1.165) is 0 Å². The van der Waals surface area contributed by atoms with Crippen LogP contribution in [0.25, 0.3) is 10.8 Å². The number of aryl methyl sites for hydroxylation is 7. The van der Waals surface area contributed by atoms with Gasteiger partial charge in [0.2, 0.25) is 17.7 Å². The summed E-state index contributed by atoms with van der Waals surface area (Å²) in [7, 11) is 0.338. The van der Waals surface area contributed by atoms with Crippen LogP contribution in [0, 0.1) is 48.5 Å². The fraction of sp³-hybridized carbons (Fsp3) is 0.422. The summed E-state index contributed by atoms with van der Waals surface area (Å²) in [6, 6.07) is 48.2. The fourth-order valence-corrected chi connectivity index (χ4v) is 5.94. The largest absolute Gasteiger partial charge is 0.359 e. The van der Waals surface area contributed by atoms with Crippen LogP contribution in [0.5, 0.6) is 0 Å². The summed E-state index contributed by atoms with van der Waals surface area (Å²) in [5, 5.41) is 9.51. The summed E-state index contributed by atoms with van der Waals surface area (Å²) in [6.45, 7) is 33.9. The molecule has 0 heterocycles. The van der Waals surface area contributed by atoms with Crippen molar-refractivity contribution in [1.82, 2.24) is 16.0 Å². The van der Waals surface area contributed by atoms with E-state index in [1.807, 2.05) is 32.0 Å². The Bertz CT molecular complexity index is 2470. The number of fused-ring (bicyclic) bond motifs is 1. The Kier molecular flexibility index (Phi) is 73.7. The maximum atomic E-state index is 10.6. The van der Waals surface area contributed by atoms with Crippen LogP contribution in [-0.4, -0.2) is 76.5 Å². The second-order valence-electron chi connectivity index (χ2n) is 16.6. The van der Waals surface area contributed by atoms with Gasteiger partial charge in [-0.05, 0) is 93.1 Å². The summed E-state index contributed by atoms with van der Waals surface area (Å²) >= 11 is -3.39. The first-order valence-corrected chi connectivity index (χ1v) is 30.4. The van der Waals surface area contributed by atoms with E-state index in [1.54, 1.807) is 32.2 Å². The second kappa shape index (κ2) is 64.4. The Morgan fingerprint density at radius 2 is 0.877 bits per heavy atom. The molecule has 0 aliphatic carbocycles. The molecule has 81 heavy (non-hydrogen) atoms. The molecule has 0 saturated heterocycles. The molecule has 0 aliphatic rings. The first-order chi connectivity index (χ1) is 37.2. The van der Waals surface area contributed by atoms with Crippen LogP contribution in [0.15, 0.2) is 150 Å². The summed E-state index contributed by atoms with van der Waals surface area (Å²) in [4.78, 5) is 30.1. The Hall–Kier alpha value is -4.78. The van der Waals surface area contributed by atoms with Crippen molar-refractivity contribution in [1.29, 1.82) is 0 Å². The first-order valence-electron chi connectivity index (χ1n) is 26.4. The average molecular weight is 1260 g/mol. The molecule has 0 spiro atoms. The minimum Gasteiger partial charge on any atom is -0.359 e. The number of unbranched alkanes of at least 4 members (excludes halogenated alkanes) is 1. The van der Waals surface area contributed by atoms with Crippen molar-refractivity contribution < 1.29 is 77.2 Å². The van der Waals surface area contributed by atoms with Crippen LogP contribution >= 0.6 is 0 Å². The zero-order valence-electron chi connectivity index (χ0n) is 52.1. The van der Waals surface area contributed by atoms with E-state index in [9.17, 15) is 31.2 Å². The first kappa shape index (κ1) is 92.7. The van der Waals surface area contributed by atoms with E-state index < -0.39 is 32.3 Å². The van der Waals surface area contributed by atoms with Gasteiger partial charge >= 0.3 is 0 Å². The van der Waals surface area contributed by atoms with E-state index in [1.165, 1.54) is 104 Å². The van der Waals surface area contributed by atoms with Crippen molar-refractivity contribution in [3.63, 3.8) is 0 Å². The molecule has 457 valence electrons. The molecule has 6 rings (SSSR count). The third kappa shape index (κ3) is 65.9. The van der Waals surface area contributed by atoms with Gasteiger partial charge in [-0.25, -0.2) is 8.42 Å². The molecule has 0 bridgehead atoms. The summed E-state index contributed by atoms with van der Waals surface area (Å²) in [5.74, 6) is -0.852. The molecule has 0 saturated carbocycles. The molecule has 2 atom stereocenters. The second-order valence-corrected chi connectivity index (χ2v) is 20.2. The molecule has 17 heteroatoms. The van der Waals surface area contributed by atoms with Crippen LogP contribution in [-0.2, 0) is 83.6 Å². The number of nitrogens with one attached hydrogen (secondary N) is 3. The van der Waals surface area contributed by atoms with E-state index in [0.29, 0.717) is 5.56 Å². The third-order valence-corrected chi connectivity index (χ3v) is 11.4. The van der Waals surface area contributed by atoms with Crippen LogP contribution in [0.4, 0.5) is 0 Å². The van der Waals surface area contributed by atoms with Crippen molar-refractivity contribution in [3.8, 4) is 0 Å². The fourth-order valence-electron chi connectivity index (χ4n) is 4.42. The molecule has 2 unspecified atom stereocenters. The van der Waals surface area contributed by atoms with Gasteiger partial charge in [0.25, 0.3) is 10.1 Å². The molecular weight excluding hydrogens is 1160 g/mol. The summed E-state index contributed by atoms with van der Waals surface area (Å²) in [5.41, 5.74) is 8.67. The van der Waals surface area contributed by atoms with Crippen molar-refractivity contribution in [3.05, 3.63) is 185 Å². The predicted octanol–water partition coefficient (Wildman–Crippen LogP) is 15.4. The molecule has 0 aromatic heterocycles. The van der Waals surface area contributed by atoms with Gasteiger partial charge in [0.05, 0.1) is 12.0 Å². The van der Waals surface area contributed by atoms with Gasteiger partial charge in [-0.15, -0.1) is 0 Å². The number of hydrogen-bond donors (Lipinski definition) is 5. The van der Waals surface area contributed by atoms with Gasteiger partial charge in [-0.2, -0.15) is 8.42 Å². The Morgan fingerprint density at radius 1 is 0.531 bits per heavy atom. The Balaban J connectivity index is -0.000000122. The standard InChI is InChI=1S/C11H10.2C8H10.C7H8O3S.C7H8.C4H9NO3S.C4H10.C3H7NO3S.C3H7NO.2C3H8.C2H6.CH4.Y/c1-9-6-7-10-4-2-3-5-11(10)8-9;2*1-7-5-3-4-6-8(7)2;1-6-4-2-3-5-7(6)11(8,9)10;1-7-5-3-2-4-6-7;1-5-4(6)3-9(7)8-2;1-3-4-2;1-3(5)4-2-8(6)7;1-3(5)4-2;2*1-3-2;1-2;;/h2-8H,1H3;2*3-6H,1-2H3;2-5H,1H3,(H,8,9,10);2-6H,1H3;3H2,1-2H3,(H,5,6);3-4H2,1-2H3;2H2,1H3,(H,4,5)(H,6,7);1-2H3,(H,4,5);2*3H2,1-2H3;1-2H3;1H4;. The molecule has 6 aromatic carbocycles. The maximum absolute atomic E-state index is 10.6. The summed E-state index contributed by atoms with van der Waals surface area (Å²) in [6.07, 6.45) is 5.14. The van der Waals surface area contributed by atoms with Crippen molar-refractivity contribution in [2.24, 2.45) is 0 Å². The van der Waals surface area contributed by atoms with Gasteiger partial charge in [0.1, 0.15) is 11.6 Å². The number of hydrogen-bond acceptors (Lipinski definition) is 8. The monoisotopic (exact) mass is 1260 g/mol. The van der Waals surface area contributed by atoms with Crippen LogP contribution in [0.1, 0.15) is 141 Å². The Labute approximate surface area is 523 Å². The van der Waals surface area contributed by atoms with Crippen LogP contribution in [0.3, 0.4) is 0 Å². The number of carbonyl (C=O) groups excluding carboxylic acids is 3. The minimum atomic E-state index is -4.03. The Morgan fingerprint density at radius 3 is 1.12 bits per heavy atom. The number of rotatable bonds is 7. The topological polar surface area (TPSA) is 205 Å². The number of benzene rings is 6. The zero-order valence-corrected chi connectivity index (χ0v) is 57.3. The van der Waals surface area contributed by atoms with Crippen molar-refractivity contribution in [2.75, 3.05) is 32.8 Å². The molecule has 0 aliphatic heterocycles. The molecule has 1 radical (unpaired) electrons. The molecule has 5 N–H and O–H groups in total. The van der Waals surface area contributed by atoms with Crippen molar-refractivity contribution in [2.45, 2.75) is 156 Å². The van der Waals surface area contributed by atoms with E-state index >= 15 is 0 Å². The van der Waals surface area contributed by atoms with Crippen LogP contribution < -0.4 is 16.0 Å². The third-order valence-electron chi connectivity index (χ3n) is 9.08. The molecule has 13 nitrogen and oxygen atoms in total. The van der Waals surface area contributed by atoms with E-state index in [2.05, 4.69) is 206 Å². The predicted molar refractivity (Wildman–Crippen MR) is 347 cm³/mol. The minimum absolute atomic E-state index is 0. The van der Waals surface area contributed by atoms with E-state index in [4.69, 9.17) is 9.11 Å². The number of carbonyl (C=O) groups is 3. The maximum Gasteiger partial charge on any atom is 0.294 e. The van der Waals surface area contributed by atoms with Gasteiger partial charge < -0.3 is 20.5 Å². The van der Waals surface area contributed by atoms with E-state index in [-0.39, 0.29) is 74.4 Å². The SMILES string of the molecule is C.CC.CC(=O)NCS(=O)O.CCC.CCC.CCCC.CNC(=O)CS(=O)OC.CNC(C)=O.Cc1ccc2ccccc2c1.Cc1ccccc1.Cc1ccccc1C.Cc1ccccc1C.Cc1ccccc1S(=O)(=O)O.[Y]. The van der Waals surface area contributed by atoms with Gasteiger partial charge in [0.15, 0.2) is 22.2 Å². The van der Waals surface area contributed by atoms with Gasteiger partial charge in [-0.3, -0.25) is 23.1 Å². The van der Waals surface area contributed by atoms with Gasteiger partial charge in [-0.1, -0.05) is 239 Å². The smallest absolute Gasteiger partial charge is 0.294 e. The summed E-state index contributed by atoms with van der Waals surface area (Å²) < 4.78 is 62.5. The molecular formula is C64H105N3O10S3Y. The quantitative estimate of drug-likeness (QED) is 0.0755. The molecule has 3 amide bonds. The zero-order chi connectivity index (χ0) is 62.2.